The van der Waals surface area contributed by atoms with Gasteiger partial charge in [0, 0.05) is 12.6 Å². The summed E-state index contributed by atoms with van der Waals surface area (Å²) in [7, 11) is 0. The third-order valence-electron chi connectivity index (χ3n) is 3.65. The van der Waals surface area contributed by atoms with Crippen LogP contribution in [0, 0.1) is 21.4 Å². The second-order valence-electron chi connectivity index (χ2n) is 5.16. The Morgan fingerprint density at radius 2 is 2.14 bits per heavy atom. The molecule has 1 aliphatic carbocycles. The molecule has 0 saturated heterocycles. The van der Waals surface area contributed by atoms with Gasteiger partial charge in [0.2, 0.25) is 0 Å². The number of hydrogen-bond donors (Lipinski definition) is 1. The molecule has 1 aromatic rings. The van der Waals surface area contributed by atoms with Crippen molar-refractivity contribution in [3.8, 4) is 6.07 Å². The number of nitriles is 1. The number of anilines is 1. The highest BCUT2D eigenvalue weighted by atomic mass is 16.6. The summed E-state index contributed by atoms with van der Waals surface area (Å²) < 4.78 is 5.77. The lowest BCUT2D eigenvalue weighted by Gasteiger charge is -2.22. The summed E-state index contributed by atoms with van der Waals surface area (Å²) in [5.74, 6) is 0. The maximum Gasteiger partial charge on any atom is 0.293 e. The van der Waals surface area contributed by atoms with Gasteiger partial charge in [-0.3, -0.25) is 10.1 Å². The van der Waals surface area contributed by atoms with Crippen molar-refractivity contribution in [1.29, 1.82) is 5.26 Å². The highest BCUT2D eigenvalue weighted by molar-refractivity contribution is 5.63. The molecule has 0 spiro atoms. The predicted molar refractivity (Wildman–Crippen MR) is 79.1 cm³/mol. The van der Waals surface area contributed by atoms with E-state index in [4.69, 9.17) is 10.00 Å². The summed E-state index contributed by atoms with van der Waals surface area (Å²) in [5.41, 5.74) is 0.628. The van der Waals surface area contributed by atoms with Crippen LogP contribution in [-0.2, 0) is 4.74 Å². The largest absolute Gasteiger partial charge is 0.377 e. The molecular formula is C15H19N3O3. The van der Waals surface area contributed by atoms with Crippen molar-refractivity contribution < 1.29 is 9.66 Å². The van der Waals surface area contributed by atoms with Crippen molar-refractivity contribution in [2.45, 2.75) is 38.2 Å². The Kier molecular flexibility index (Phi) is 5.52. The second kappa shape index (κ2) is 7.60. The Bertz CT molecular complexity index is 533. The third-order valence-corrected chi connectivity index (χ3v) is 3.65. The highest BCUT2D eigenvalue weighted by Gasteiger charge is 2.15. The van der Waals surface area contributed by atoms with E-state index in [0.717, 1.165) is 12.8 Å². The van der Waals surface area contributed by atoms with Crippen molar-refractivity contribution in [3.05, 3.63) is 33.9 Å². The lowest BCUT2D eigenvalue weighted by molar-refractivity contribution is -0.384. The van der Waals surface area contributed by atoms with Crippen LogP contribution < -0.4 is 5.32 Å². The van der Waals surface area contributed by atoms with Crippen LogP contribution in [0.25, 0.3) is 0 Å². The lowest BCUT2D eigenvalue weighted by atomic mass is 9.98. The van der Waals surface area contributed by atoms with Gasteiger partial charge >= 0.3 is 0 Å². The maximum atomic E-state index is 11.0. The van der Waals surface area contributed by atoms with Crippen LogP contribution >= 0.6 is 0 Å². The molecule has 0 aromatic heterocycles. The van der Waals surface area contributed by atoms with Gasteiger partial charge in [-0.1, -0.05) is 19.3 Å². The van der Waals surface area contributed by atoms with Gasteiger partial charge in [-0.25, -0.2) is 0 Å². The first kappa shape index (κ1) is 15.3. The number of benzene rings is 1. The minimum absolute atomic E-state index is 0.0771. The fourth-order valence-corrected chi connectivity index (χ4v) is 2.54. The monoisotopic (exact) mass is 289 g/mol. The Morgan fingerprint density at radius 3 is 2.81 bits per heavy atom. The molecule has 0 unspecified atom stereocenters. The molecule has 0 heterocycles. The van der Waals surface area contributed by atoms with Crippen LogP contribution in [0.4, 0.5) is 11.4 Å². The standard InChI is InChI=1S/C15H19N3O3/c16-11-12-6-7-14(15(10-12)18(19)20)17-8-9-21-13-4-2-1-3-5-13/h6-7,10,13,17H,1-5,8-9H2. The van der Waals surface area contributed by atoms with Gasteiger partial charge in [-0.15, -0.1) is 0 Å². The van der Waals surface area contributed by atoms with Gasteiger partial charge in [0.05, 0.1) is 29.3 Å². The summed E-state index contributed by atoms with van der Waals surface area (Å²) in [4.78, 5) is 10.5. The summed E-state index contributed by atoms with van der Waals surface area (Å²) >= 11 is 0. The highest BCUT2D eigenvalue weighted by Crippen LogP contribution is 2.25. The van der Waals surface area contributed by atoms with Crippen molar-refractivity contribution in [1.82, 2.24) is 0 Å². The van der Waals surface area contributed by atoms with Gasteiger partial charge in [0.1, 0.15) is 5.69 Å². The maximum absolute atomic E-state index is 11.0. The number of nitro benzene ring substituents is 1. The number of ether oxygens (including phenoxy) is 1. The van der Waals surface area contributed by atoms with Crippen LogP contribution in [0.2, 0.25) is 0 Å². The molecule has 0 atom stereocenters. The summed E-state index contributed by atoms with van der Waals surface area (Å²) in [6, 6.07) is 6.32. The Morgan fingerprint density at radius 1 is 1.38 bits per heavy atom. The summed E-state index contributed by atoms with van der Waals surface area (Å²) in [6.07, 6.45) is 6.28. The van der Waals surface area contributed by atoms with Crippen LogP contribution in [0.15, 0.2) is 18.2 Å². The molecule has 1 N–H and O–H groups in total. The number of nitrogens with zero attached hydrogens (tertiary/aromatic N) is 2. The van der Waals surface area contributed by atoms with E-state index in [0.29, 0.717) is 24.9 Å². The number of nitrogens with one attached hydrogen (secondary N) is 1. The van der Waals surface area contributed by atoms with E-state index in [9.17, 15) is 10.1 Å². The molecule has 0 aliphatic heterocycles. The van der Waals surface area contributed by atoms with E-state index in [2.05, 4.69) is 5.32 Å². The lowest BCUT2D eigenvalue weighted by Crippen LogP contribution is -2.20. The van der Waals surface area contributed by atoms with E-state index >= 15 is 0 Å². The Balaban J connectivity index is 1.85. The molecule has 1 aromatic carbocycles. The zero-order valence-corrected chi connectivity index (χ0v) is 11.9. The van der Waals surface area contributed by atoms with Crippen LogP contribution in [0.1, 0.15) is 37.7 Å². The first-order valence-electron chi connectivity index (χ1n) is 7.24. The molecule has 6 nitrogen and oxygen atoms in total. The first-order valence-corrected chi connectivity index (χ1v) is 7.24. The molecule has 1 aliphatic rings. The average Bonchev–Trinajstić information content (AvgIpc) is 2.52. The number of nitro groups is 1. The first-order chi connectivity index (χ1) is 10.2. The minimum atomic E-state index is -0.481. The van der Waals surface area contributed by atoms with Crippen molar-refractivity contribution in [2.24, 2.45) is 0 Å². The van der Waals surface area contributed by atoms with Crippen molar-refractivity contribution in [3.63, 3.8) is 0 Å². The van der Waals surface area contributed by atoms with Crippen LogP contribution in [0.5, 0.6) is 0 Å². The Hall–Kier alpha value is -2.13. The zero-order chi connectivity index (χ0) is 15.1. The molecule has 112 valence electrons. The van der Waals surface area contributed by atoms with Gasteiger partial charge < -0.3 is 10.1 Å². The molecule has 21 heavy (non-hydrogen) atoms. The van der Waals surface area contributed by atoms with E-state index in [1.807, 2.05) is 6.07 Å². The molecule has 1 saturated carbocycles. The number of hydrogen-bond acceptors (Lipinski definition) is 5. The van der Waals surface area contributed by atoms with Gasteiger partial charge in [-0.05, 0) is 25.0 Å². The van der Waals surface area contributed by atoms with Crippen molar-refractivity contribution in [2.75, 3.05) is 18.5 Å². The zero-order valence-electron chi connectivity index (χ0n) is 11.9. The molecule has 0 bridgehead atoms. The predicted octanol–water partition coefficient (Wildman–Crippen LogP) is 3.23. The van der Waals surface area contributed by atoms with Gasteiger partial charge in [0.25, 0.3) is 5.69 Å². The number of rotatable bonds is 6. The van der Waals surface area contributed by atoms with E-state index in [1.54, 1.807) is 12.1 Å². The fourth-order valence-electron chi connectivity index (χ4n) is 2.54. The van der Waals surface area contributed by atoms with Gasteiger partial charge in [-0.2, -0.15) is 5.26 Å². The summed E-state index contributed by atoms with van der Waals surface area (Å²) in [5, 5.41) is 22.8. The van der Waals surface area contributed by atoms with E-state index in [-0.39, 0.29) is 11.3 Å². The van der Waals surface area contributed by atoms with E-state index in [1.165, 1.54) is 25.3 Å². The van der Waals surface area contributed by atoms with Crippen LogP contribution in [-0.4, -0.2) is 24.2 Å². The quantitative estimate of drug-likeness (QED) is 0.493. The molecule has 1 fully saturated rings. The van der Waals surface area contributed by atoms with Crippen LogP contribution in [0.3, 0.4) is 0 Å². The average molecular weight is 289 g/mol. The summed E-state index contributed by atoms with van der Waals surface area (Å²) in [6.45, 7) is 1.05. The topological polar surface area (TPSA) is 88.2 Å². The fraction of sp³-hybridized carbons (Fsp3) is 0.533. The Labute approximate surface area is 123 Å². The molecule has 6 heteroatoms. The molecular weight excluding hydrogens is 270 g/mol. The van der Waals surface area contributed by atoms with E-state index < -0.39 is 4.92 Å². The second-order valence-corrected chi connectivity index (χ2v) is 5.16. The van der Waals surface area contributed by atoms with Gasteiger partial charge in [0.15, 0.2) is 0 Å². The molecule has 0 radical (unpaired) electrons. The SMILES string of the molecule is N#Cc1ccc(NCCOC2CCCCC2)c([N+](=O)[O-])c1. The smallest absolute Gasteiger partial charge is 0.293 e. The third kappa shape index (κ3) is 4.43. The van der Waals surface area contributed by atoms with Crippen molar-refractivity contribution >= 4 is 11.4 Å². The minimum Gasteiger partial charge on any atom is -0.377 e. The molecule has 2 rings (SSSR count). The normalized spacial score (nSPS) is 15.4. The molecule has 0 amide bonds.